The molecule has 0 aliphatic carbocycles. The second-order valence-electron chi connectivity index (χ2n) is 5.74. The highest BCUT2D eigenvalue weighted by atomic mass is 16.4. The van der Waals surface area contributed by atoms with Crippen LogP contribution < -0.4 is 21.7 Å². The molecule has 5 unspecified atom stereocenters. The van der Waals surface area contributed by atoms with Crippen LogP contribution in [0.2, 0.25) is 0 Å². The minimum Gasteiger partial charge on any atom is -0.481 e. The van der Waals surface area contributed by atoms with Crippen molar-refractivity contribution in [1.29, 1.82) is 0 Å². The Kier molecular flexibility index (Phi) is 9.92. The van der Waals surface area contributed by atoms with Gasteiger partial charge in [-0.05, 0) is 13.8 Å². The van der Waals surface area contributed by atoms with E-state index in [4.69, 9.17) is 21.1 Å². The lowest BCUT2D eigenvalue weighted by atomic mass is 10.1. The van der Waals surface area contributed by atoms with E-state index in [9.17, 15) is 29.1 Å². The maximum atomic E-state index is 12.1. The van der Waals surface area contributed by atoms with Gasteiger partial charge in [0.15, 0.2) is 6.04 Å². The zero-order chi connectivity index (χ0) is 21.3. The van der Waals surface area contributed by atoms with Crippen LogP contribution in [-0.2, 0) is 24.0 Å². The van der Waals surface area contributed by atoms with Crippen molar-refractivity contribution >= 4 is 29.7 Å². The highest BCUT2D eigenvalue weighted by Crippen LogP contribution is 1.99. The minimum atomic E-state index is -1.72. The third-order valence-electron chi connectivity index (χ3n) is 3.34. The van der Waals surface area contributed by atoms with Crippen LogP contribution >= 0.6 is 0 Å². The zero-order valence-electron chi connectivity index (χ0n) is 14.7. The first kappa shape index (κ1) is 24.2. The number of nitrogens with one attached hydrogen (secondary N) is 3. The molecule has 3 amide bonds. The summed E-state index contributed by atoms with van der Waals surface area (Å²) in [5, 5.41) is 42.1. The Morgan fingerprint density at radius 3 is 1.89 bits per heavy atom. The molecule has 5 atom stereocenters. The molecule has 0 radical (unpaired) electrons. The smallest absolute Gasteiger partial charge is 0.328 e. The molecule has 0 saturated carbocycles. The molecule has 9 N–H and O–H groups in total. The van der Waals surface area contributed by atoms with E-state index in [1.165, 1.54) is 6.92 Å². The number of carboxylic acid groups (broad SMARTS) is 2. The molecule has 0 rings (SSSR count). The Hall–Kier alpha value is -2.77. The zero-order valence-corrected chi connectivity index (χ0v) is 14.7. The molecule has 0 heterocycles. The number of carbonyl (C=O) groups excluding carboxylic acids is 3. The van der Waals surface area contributed by atoms with Crippen LogP contribution in [-0.4, -0.2) is 87.0 Å². The SMILES string of the molecule is CC(NC(=O)C(N)CO)C(=O)NC(CC(=O)O)C(=O)NC(C(=O)O)C(C)O. The molecule has 0 fully saturated rings. The van der Waals surface area contributed by atoms with Crippen molar-refractivity contribution in [2.24, 2.45) is 5.73 Å². The van der Waals surface area contributed by atoms with Gasteiger partial charge in [0.05, 0.1) is 19.1 Å². The second kappa shape index (κ2) is 11.1. The van der Waals surface area contributed by atoms with Gasteiger partial charge in [-0.15, -0.1) is 0 Å². The third kappa shape index (κ3) is 8.44. The Morgan fingerprint density at radius 2 is 1.48 bits per heavy atom. The van der Waals surface area contributed by atoms with Crippen LogP contribution in [0.5, 0.6) is 0 Å². The maximum absolute atomic E-state index is 12.1. The van der Waals surface area contributed by atoms with Gasteiger partial charge in [0.1, 0.15) is 18.1 Å². The predicted octanol–water partition coefficient (Wildman–Crippen LogP) is -4.28. The average Bonchev–Trinajstić information content (AvgIpc) is 2.56. The number of hydrogen-bond acceptors (Lipinski definition) is 8. The van der Waals surface area contributed by atoms with E-state index in [0.29, 0.717) is 0 Å². The standard InChI is InChI=1S/C14H24N4O9/c1-5(16-12(24)7(15)4-19)11(23)17-8(3-9(21)22)13(25)18-10(6(2)20)14(26)27/h5-8,10,19-20H,3-4,15H2,1-2H3,(H,16,24)(H,17,23)(H,18,25)(H,21,22)(H,26,27). The first-order valence-corrected chi connectivity index (χ1v) is 7.80. The number of nitrogens with two attached hydrogens (primary N) is 1. The molecule has 0 aromatic carbocycles. The summed E-state index contributed by atoms with van der Waals surface area (Å²) < 4.78 is 0. The van der Waals surface area contributed by atoms with Crippen LogP contribution in [0.4, 0.5) is 0 Å². The van der Waals surface area contributed by atoms with Gasteiger partial charge in [-0.2, -0.15) is 0 Å². The molecule has 13 nitrogen and oxygen atoms in total. The fourth-order valence-corrected chi connectivity index (χ4v) is 1.79. The van der Waals surface area contributed by atoms with Crippen LogP contribution in [0.25, 0.3) is 0 Å². The Balaban J connectivity index is 5.11. The van der Waals surface area contributed by atoms with Crippen molar-refractivity contribution in [3.63, 3.8) is 0 Å². The Bertz CT molecular complexity index is 581. The molecule has 27 heavy (non-hydrogen) atoms. The van der Waals surface area contributed by atoms with E-state index in [-0.39, 0.29) is 0 Å². The van der Waals surface area contributed by atoms with E-state index in [1.807, 2.05) is 5.32 Å². The first-order chi connectivity index (χ1) is 12.4. The van der Waals surface area contributed by atoms with Crippen molar-refractivity contribution in [2.75, 3.05) is 6.61 Å². The maximum Gasteiger partial charge on any atom is 0.328 e. The predicted molar refractivity (Wildman–Crippen MR) is 88.1 cm³/mol. The number of hydrogen-bond donors (Lipinski definition) is 8. The van der Waals surface area contributed by atoms with Crippen LogP contribution in [0.15, 0.2) is 0 Å². The molecule has 0 aliphatic heterocycles. The van der Waals surface area contributed by atoms with Crippen LogP contribution in [0.1, 0.15) is 20.3 Å². The highest BCUT2D eigenvalue weighted by Gasteiger charge is 2.31. The average molecular weight is 392 g/mol. The number of carbonyl (C=O) groups is 5. The molecule has 0 aliphatic rings. The normalized spacial score (nSPS) is 16.2. The van der Waals surface area contributed by atoms with Crippen molar-refractivity contribution < 1.29 is 44.4 Å². The summed E-state index contributed by atoms with van der Waals surface area (Å²) in [5.74, 6) is -5.96. The van der Waals surface area contributed by atoms with E-state index in [2.05, 4.69) is 10.6 Å². The van der Waals surface area contributed by atoms with E-state index >= 15 is 0 Å². The largest absolute Gasteiger partial charge is 0.481 e. The summed E-state index contributed by atoms with van der Waals surface area (Å²) in [6, 6.07) is -5.89. The summed E-state index contributed by atoms with van der Waals surface area (Å²) in [6.45, 7) is 1.66. The summed E-state index contributed by atoms with van der Waals surface area (Å²) in [5.41, 5.74) is 5.28. The molecule has 0 aromatic heterocycles. The molecule has 0 aromatic rings. The topological polar surface area (TPSA) is 228 Å². The second-order valence-corrected chi connectivity index (χ2v) is 5.74. The molecule has 13 heteroatoms. The Morgan fingerprint density at radius 1 is 0.926 bits per heavy atom. The van der Waals surface area contributed by atoms with Crippen molar-refractivity contribution in [3.8, 4) is 0 Å². The molecule has 0 spiro atoms. The molecule has 0 saturated heterocycles. The van der Waals surface area contributed by atoms with Gasteiger partial charge in [0.2, 0.25) is 17.7 Å². The fourth-order valence-electron chi connectivity index (χ4n) is 1.79. The number of aliphatic carboxylic acids is 2. The monoisotopic (exact) mass is 392 g/mol. The van der Waals surface area contributed by atoms with Gasteiger partial charge in [-0.1, -0.05) is 0 Å². The lowest BCUT2D eigenvalue weighted by Crippen LogP contribution is -2.58. The fraction of sp³-hybridized carbons (Fsp3) is 0.643. The summed E-state index contributed by atoms with van der Waals surface area (Å²) >= 11 is 0. The number of aliphatic hydroxyl groups excluding tert-OH is 2. The summed E-state index contributed by atoms with van der Waals surface area (Å²) in [7, 11) is 0. The van der Waals surface area contributed by atoms with Crippen molar-refractivity contribution in [1.82, 2.24) is 16.0 Å². The Labute approximate surface area is 153 Å². The van der Waals surface area contributed by atoms with Crippen molar-refractivity contribution in [3.05, 3.63) is 0 Å². The van der Waals surface area contributed by atoms with Gasteiger partial charge in [-0.25, -0.2) is 4.79 Å². The van der Waals surface area contributed by atoms with Gasteiger partial charge < -0.3 is 42.1 Å². The van der Waals surface area contributed by atoms with Gasteiger partial charge in [0.25, 0.3) is 0 Å². The lowest BCUT2D eigenvalue weighted by Gasteiger charge is -2.23. The molecular formula is C14H24N4O9. The highest BCUT2D eigenvalue weighted by molar-refractivity contribution is 5.95. The van der Waals surface area contributed by atoms with E-state index in [0.717, 1.165) is 6.92 Å². The van der Waals surface area contributed by atoms with E-state index in [1.54, 1.807) is 0 Å². The third-order valence-corrected chi connectivity index (χ3v) is 3.34. The lowest BCUT2D eigenvalue weighted by molar-refractivity contribution is -0.146. The van der Waals surface area contributed by atoms with Gasteiger partial charge in [-0.3, -0.25) is 19.2 Å². The quantitative estimate of drug-likeness (QED) is 0.169. The number of rotatable bonds is 11. The van der Waals surface area contributed by atoms with Gasteiger partial charge in [0, 0.05) is 0 Å². The molecule has 154 valence electrons. The minimum absolute atomic E-state index is 0.667. The van der Waals surface area contributed by atoms with Crippen LogP contribution in [0, 0.1) is 0 Å². The summed E-state index contributed by atoms with van der Waals surface area (Å²) in [4.78, 5) is 57.7. The van der Waals surface area contributed by atoms with Crippen molar-refractivity contribution in [2.45, 2.75) is 50.5 Å². The first-order valence-electron chi connectivity index (χ1n) is 7.80. The molecular weight excluding hydrogens is 368 g/mol. The summed E-state index contributed by atoms with van der Waals surface area (Å²) in [6.07, 6.45) is -2.36. The van der Waals surface area contributed by atoms with E-state index < -0.39 is 73.0 Å². The number of carboxylic acids is 2. The van der Waals surface area contributed by atoms with Gasteiger partial charge >= 0.3 is 11.9 Å². The van der Waals surface area contributed by atoms with Crippen LogP contribution in [0.3, 0.4) is 0 Å². The molecule has 0 bridgehead atoms. The number of aliphatic hydroxyl groups is 2. The number of amides is 3.